The van der Waals surface area contributed by atoms with Crippen LogP contribution in [-0.2, 0) is 14.2 Å². The molecular formula is C9H18O3. The normalized spacial score (nSPS) is 34.0. The monoisotopic (exact) mass is 174 g/mol. The molecule has 2 atom stereocenters. The molecule has 12 heavy (non-hydrogen) atoms. The van der Waals surface area contributed by atoms with Gasteiger partial charge in [0.25, 0.3) is 0 Å². The van der Waals surface area contributed by atoms with Crippen molar-refractivity contribution >= 4 is 0 Å². The molecule has 72 valence electrons. The molecule has 0 amide bonds. The maximum Gasteiger partial charge on any atom is 0.196 e. The van der Waals surface area contributed by atoms with E-state index in [1.165, 1.54) is 0 Å². The van der Waals surface area contributed by atoms with Crippen molar-refractivity contribution in [3.8, 4) is 0 Å². The third kappa shape index (κ3) is 1.37. The van der Waals surface area contributed by atoms with Crippen molar-refractivity contribution in [1.29, 1.82) is 0 Å². The van der Waals surface area contributed by atoms with E-state index in [0.29, 0.717) is 12.5 Å². The lowest BCUT2D eigenvalue weighted by atomic mass is 9.94. The molecule has 0 aliphatic carbocycles. The predicted octanol–water partition coefficient (Wildman–Crippen LogP) is 1.42. The highest BCUT2D eigenvalue weighted by atomic mass is 16.7. The van der Waals surface area contributed by atoms with Crippen LogP contribution in [0.15, 0.2) is 0 Å². The zero-order chi connectivity index (χ0) is 9.19. The quantitative estimate of drug-likeness (QED) is 0.606. The van der Waals surface area contributed by atoms with Crippen molar-refractivity contribution in [2.45, 2.75) is 32.2 Å². The molecule has 1 aliphatic heterocycles. The third-order valence-electron chi connectivity index (χ3n) is 2.81. The second-order valence-corrected chi connectivity index (χ2v) is 3.25. The van der Waals surface area contributed by atoms with Crippen LogP contribution in [0.2, 0.25) is 0 Å². The molecule has 1 rings (SSSR count). The Morgan fingerprint density at radius 3 is 2.33 bits per heavy atom. The lowest BCUT2D eigenvalue weighted by molar-refractivity contribution is -0.225. The Labute approximate surface area is 74.0 Å². The first kappa shape index (κ1) is 9.96. The van der Waals surface area contributed by atoms with Gasteiger partial charge in [0, 0.05) is 20.1 Å². The van der Waals surface area contributed by atoms with Crippen LogP contribution in [0.3, 0.4) is 0 Å². The molecule has 1 aliphatic rings. The van der Waals surface area contributed by atoms with Gasteiger partial charge < -0.3 is 14.2 Å². The van der Waals surface area contributed by atoms with Gasteiger partial charge in [0.1, 0.15) is 6.61 Å². The third-order valence-corrected chi connectivity index (χ3v) is 2.81. The first-order chi connectivity index (χ1) is 5.70. The maximum atomic E-state index is 5.50. The first-order valence-electron chi connectivity index (χ1n) is 4.42. The molecule has 3 heteroatoms. The molecule has 0 N–H and O–H groups in total. The molecule has 2 unspecified atom stereocenters. The van der Waals surface area contributed by atoms with E-state index in [1.54, 1.807) is 14.2 Å². The van der Waals surface area contributed by atoms with E-state index >= 15 is 0 Å². The van der Waals surface area contributed by atoms with Gasteiger partial charge in [0.2, 0.25) is 0 Å². The standard InChI is InChI=1S/C9H18O3/c1-5-8-7(2)12-6-9(8,10-3)11-4/h7-8H,5-6H2,1-4H3. The molecule has 0 aromatic carbocycles. The van der Waals surface area contributed by atoms with Crippen LogP contribution in [-0.4, -0.2) is 32.7 Å². The Kier molecular flexibility index (Phi) is 3.09. The van der Waals surface area contributed by atoms with E-state index in [4.69, 9.17) is 14.2 Å². The molecule has 0 spiro atoms. The molecule has 1 fully saturated rings. The van der Waals surface area contributed by atoms with E-state index in [-0.39, 0.29) is 6.10 Å². The molecule has 1 heterocycles. The van der Waals surface area contributed by atoms with Gasteiger partial charge in [-0.2, -0.15) is 0 Å². The van der Waals surface area contributed by atoms with E-state index in [0.717, 1.165) is 6.42 Å². The van der Waals surface area contributed by atoms with Crippen LogP contribution in [0.1, 0.15) is 20.3 Å². The number of hydrogen-bond donors (Lipinski definition) is 0. The molecular weight excluding hydrogens is 156 g/mol. The van der Waals surface area contributed by atoms with Gasteiger partial charge in [-0.25, -0.2) is 0 Å². The average molecular weight is 174 g/mol. The van der Waals surface area contributed by atoms with Crippen LogP contribution in [0, 0.1) is 5.92 Å². The van der Waals surface area contributed by atoms with Gasteiger partial charge in [-0.1, -0.05) is 6.92 Å². The lowest BCUT2D eigenvalue weighted by Crippen LogP contribution is -2.42. The minimum Gasteiger partial charge on any atom is -0.372 e. The van der Waals surface area contributed by atoms with Crippen molar-refractivity contribution in [2.75, 3.05) is 20.8 Å². The average Bonchev–Trinajstić information content (AvgIpc) is 2.43. The molecule has 3 nitrogen and oxygen atoms in total. The molecule has 1 saturated heterocycles. The maximum absolute atomic E-state index is 5.50. The topological polar surface area (TPSA) is 27.7 Å². The zero-order valence-electron chi connectivity index (χ0n) is 8.29. The summed E-state index contributed by atoms with van der Waals surface area (Å²) in [6, 6.07) is 0. The van der Waals surface area contributed by atoms with E-state index < -0.39 is 5.79 Å². The summed E-state index contributed by atoms with van der Waals surface area (Å²) in [7, 11) is 3.35. The SMILES string of the molecule is CCC1C(C)OCC1(OC)OC. The van der Waals surface area contributed by atoms with Crippen LogP contribution in [0.4, 0.5) is 0 Å². The van der Waals surface area contributed by atoms with Gasteiger partial charge in [-0.05, 0) is 13.3 Å². The van der Waals surface area contributed by atoms with Crippen LogP contribution < -0.4 is 0 Å². The minimum atomic E-state index is -0.506. The highest BCUT2D eigenvalue weighted by Crippen LogP contribution is 2.36. The van der Waals surface area contributed by atoms with Crippen molar-refractivity contribution < 1.29 is 14.2 Å². The highest BCUT2D eigenvalue weighted by Gasteiger charge is 2.47. The fraction of sp³-hybridized carbons (Fsp3) is 1.00. The Morgan fingerprint density at radius 1 is 1.42 bits per heavy atom. The summed E-state index contributed by atoms with van der Waals surface area (Å²) in [6.07, 6.45) is 1.25. The molecule has 0 saturated carbocycles. The molecule has 0 bridgehead atoms. The Balaban J connectivity index is 2.74. The second-order valence-electron chi connectivity index (χ2n) is 3.25. The largest absolute Gasteiger partial charge is 0.372 e. The van der Waals surface area contributed by atoms with Crippen molar-refractivity contribution in [2.24, 2.45) is 5.92 Å². The van der Waals surface area contributed by atoms with Crippen molar-refractivity contribution in [3.63, 3.8) is 0 Å². The number of methoxy groups -OCH3 is 2. The second kappa shape index (κ2) is 3.73. The first-order valence-corrected chi connectivity index (χ1v) is 4.42. The zero-order valence-corrected chi connectivity index (χ0v) is 8.29. The van der Waals surface area contributed by atoms with Gasteiger partial charge in [-0.3, -0.25) is 0 Å². The van der Waals surface area contributed by atoms with E-state index in [2.05, 4.69) is 13.8 Å². The lowest BCUT2D eigenvalue weighted by Gasteiger charge is -2.31. The molecule has 0 aromatic heterocycles. The summed E-state index contributed by atoms with van der Waals surface area (Å²) in [6.45, 7) is 4.73. The number of rotatable bonds is 3. The van der Waals surface area contributed by atoms with Gasteiger partial charge in [-0.15, -0.1) is 0 Å². The summed E-state index contributed by atoms with van der Waals surface area (Å²) in [4.78, 5) is 0. The smallest absolute Gasteiger partial charge is 0.196 e. The fourth-order valence-electron chi connectivity index (χ4n) is 1.98. The summed E-state index contributed by atoms with van der Waals surface area (Å²) < 4.78 is 16.3. The number of ether oxygens (including phenoxy) is 3. The molecule has 0 radical (unpaired) electrons. The van der Waals surface area contributed by atoms with E-state index in [9.17, 15) is 0 Å². The Morgan fingerprint density at radius 2 is 2.00 bits per heavy atom. The van der Waals surface area contributed by atoms with Crippen molar-refractivity contribution in [3.05, 3.63) is 0 Å². The fourth-order valence-corrected chi connectivity index (χ4v) is 1.98. The van der Waals surface area contributed by atoms with Crippen molar-refractivity contribution in [1.82, 2.24) is 0 Å². The predicted molar refractivity (Wildman–Crippen MR) is 45.9 cm³/mol. The van der Waals surface area contributed by atoms with Crippen LogP contribution >= 0.6 is 0 Å². The summed E-state index contributed by atoms with van der Waals surface area (Å²) >= 11 is 0. The molecule has 0 aromatic rings. The van der Waals surface area contributed by atoms with Crippen LogP contribution in [0.5, 0.6) is 0 Å². The van der Waals surface area contributed by atoms with Crippen LogP contribution in [0.25, 0.3) is 0 Å². The number of hydrogen-bond acceptors (Lipinski definition) is 3. The van der Waals surface area contributed by atoms with Gasteiger partial charge >= 0.3 is 0 Å². The minimum absolute atomic E-state index is 0.231. The van der Waals surface area contributed by atoms with Gasteiger partial charge in [0.15, 0.2) is 5.79 Å². The van der Waals surface area contributed by atoms with E-state index in [1.807, 2.05) is 0 Å². The Hall–Kier alpha value is -0.120. The summed E-state index contributed by atoms with van der Waals surface area (Å²) in [5.41, 5.74) is 0. The summed E-state index contributed by atoms with van der Waals surface area (Å²) in [5.74, 6) is -0.166. The van der Waals surface area contributed by atoms with Gasteiger partial charge in [0.05, 0.1) is 6.10 Å². The Bertz CT molecular complexity index is 143. The summed E-state index contributed by atoms with van der Waals surface area (Å²) in [5, 5.41) is 0. The highest BCUT2D eigenvalue weighted by molar-refractivity contribution is 4.88.